The molecular weight excluding hydrogens is 546 g/mol. The van der Waals surface area contributed by atoms with E-state index in [4.69, 9.17) is 11.6 Å². The van der Waals surface area contributed by atoms with Crippen molar-refractivity contribution in [2.24, 2.45) is 0 Å². The minimum absolute atomic E-state index is 0.0285. The maximum absolute atomic E-state index is 13.7. The molecule has 4 rings (SSSR count). The largest absolute Gasteiger partial charge is 0.352 e. The summed E-state index contributed by atoms with van der Waals surface area (Å²) in [5, 5.41) is 6.05. The SMILES string of the molecule is CCCNC(=O)c1ccccc1NC(=O)c1ccc(CN(c2cc(Cl)ccc2C)S(=O)(=O)c2ccccc2)cc1. The van der Waals surface area contributed by atoms with Crippen molar-refractivity contribution in [2.75, 3.05) is 16.2 Å². The summed E-state index contributed by atoms with van der Waals surface area (Å²) in [7, 11) is -3.92. The molecule has 0 radical (unpaired) electrons. The molecule has 0 aliphatic heterocycles. The van der Waals surface area contributed by atoms with Crippen molar-refractivity contribution in [3.8, 4) is 0 Å². The van der Waals surface area contributed by atoms with Gasteiger partial charge in [-0.1, -0.05) is 67.1 Å². The molecule has 0 saturated carbocycles. The summed E-state index contributed by atoms with van der Waals surface area (Å²) in [4.78, 5) is 25.7. The Balaban J connectivity index is 1.59. The molecule has 0 spiro atoms. The van der Waals surface area contributed by atoms with Crippen molar-refractivity contribution in [1.82, 2.24) is 5.32 Å². The van der Waals surface area contributed by atoms with E-state index in [9.17, 15) is 18.0 Å². The number of rotatable bonds is 10. The van der Waals surface area contributed by atoms with Gasteiger partial charge < -0.3 is 10.6 Å². The van der Waals surface area contributed by atoms with Gasteiger partial charge in [0.15, 0.2) is 0 Å². The number of aryl methyl sites for hydroxylation is 1. The third kappa shape index (κ3) is 6.70. The van der Waals surface area contributed by atoms with E-state index in [0.717, 1.165) is 12.0 Å². The van der Waals surface area contributed by atoms with Gasteiger partial charge in [-0.15, -0.1) is 0 Å². The lowest BCUT2D eigenvalue weighted by atomic mass is 10.1. The fourth-order valence-corrected chi connectivity index (χ4v) is 5.81. The van der Waals surface area contributed by atoms with Gasteiger partial charge in [-0.25, -0.2) is 8.42 Å². The van der Waals surface area contributed by atoms with E-state index in [1.165, 1.54) is 4.31 Å². The lowest BCUT2D eigenvalue weighted by molar-refractivity contribution is 0.0954. The number of sulfonamides is 1. The van der Waals surface area contributed by atoms with Crippen LogP contribution in [0.15, 0.2) is 102 Å². The highest BCUT2D eigenvalue weighted by molar-refractivity contribution is 7.92. The molecule has 206 valence electrons. The van der Waals surface area contributed by atoms with E-state index in [0.29, 0.717) is 39.6 Å². The van der Waals surface area contributed by atoms with Crippen LogP contribution in [0, 0.1) is 6.92 Å². The predicted octanol–water partition coefficient (Wildman–Crippen LogP) is 6.44. The Morgan fingerprint density at radius 3 is 2.23 bits per heavy atom. The standard InChI is InChI=1S/C31H30ClN3O4S/c1-3-19-33-31(37)27-11-7-8-12-28(27)34-30(36)24-16-14-23(15-17-24)21-35(29-20-25(32)18-13-22(29)2)40(38,39)26-9-5-4-6-10-26/h4-18,20H,3,19,21H2,1-2H3,(H,33,37)(H,34,36). The Morgan fingerprint density at radius 1 is 0.850 bits per heavy atom. The van der Waals surface area contributed by atoms with Gasteiger partial charge in [0.2, 0.25) is 0 Å². The van der Waals surface area contributed by atoms with Crippen molar-refractivity contribution in [1.29, 1.82) is 0 Å². The van der Waals surface area contributed by atoms with Crippen LogP contribution in [0.2, 0.25) is 5.02 Å². The lowest BCUT2D eigenvalue weighted by Crippen LogP contribution is -2.31. The zero-order valence-corrected chi connectivity index (χ0v) is 23.8. The second-order valence-electron chi connectivity index (χ2n) is 9.21. The van der Waals surface area contributed by atoms with Crippen LogP contribution in [0.3, 0.4) is 0 Å². The summed E-state index contributed by atoms with van der Waals surface area (Å²) in [5.41, 5.74) is 3.04. The number of halogens is 1. The van der Waals surface area contributed by atoms with E-state index in [-0.39, 0.29) is 23.3 Å². The molecule has 0 atom stereocenters. The van der Waals surface area contributed by atoms with Gasteiger partial charge in [0.25, 0.3) is 21.8 Å². The van der Waals surface area contributed by atoms with Gasteiger partial charge in [0.1, 0.15) is 0 Å². The Bertz CT molecular complexity index is 1610. The zero-order chi connectivity index (χ0) is 28.7. The van der Waals surface area contributed by atoms with Crippen molar-refractivity contribution in [3.63, 3.8) is 0 Å². The van der Waals surface area contributed by atoms with Crippen molar-refractivity contribution in [3.05, 3.63) is 124 Å². The first-order valence-electron chi connectivity index (χ1n) is 12.8. The van der Waals surface area contributed by atoms with Gasteiger partial charge in [0, 0.05) is 17.1 Å². The smallest absolute Gasteiger partial charge is 0.264 e. The normalized spacial score (nSPS) is 11.1. The fourth-order valence-electron chi connectivity index (χ4n) is 4.12. The summed E-state index contributed by atoms with van der Waals surface area (Å²) < 4.78 is 28.8. The Kier molecular flexibility index (Phi) is 9.24. The number of anilines is 2. The molecule has 0 bridgehead atoms. The monoisotopic (exact) mass is 575 g/mol. The number of hydrogen-bond acceptors (Lipinski definition) is 4. The van der Waals surface area contributed by atoms with Crippen LogP contribution in [0.25, 0.3) is 0 Å². The van der Waals surface area contributed by atoms with E-state index in [1.54, 1.807) is 97.1 Å². The summed E-state index contributed by atoms with van der Waals surface area (Å²) in [6.07, 6.45) is 0.799. The van der Waals surface area contributed by atoms with E-state index in [2.05, 4.69) is 10.6 Å². The second kappa shape index (κ2) is 12.8. The Morgan fingerprint density at radius 2 is 1.52 bits per heavy atom. The van der Waals surface area contributed by atoms with Crippen LogP contribution in [0.4, 0.5) is 11.4 Å². The number of carbonyl (C=O) groups excluding carboxylic acids is 2. The third-order valence-corrected chi connectivity index (χ3v) is 8.28. The number of hydrogen-bond donors (Lipinski definition) is 2. The summed E-state index contributed by atoms with van der Waals surface area (Å²) in [6.45, 7) is 4.35. The van der Waals surface area contributed by atoms with Crippen LogP contribution < -0.4 is 14.9 Å². The lowest BCUT2D eigenvalue weighted by Gasteiger charge is -2.26. The quantitative estimate of drug-likeness (QED) is 0.227. The molecule has 0 fully saturated rings. The van der Waals surface area contributed by atoms with Crippen LogP contribution >= 0.6 is 11.6 Å². The molecule has 0 unspecified atom stereocenters. The van der Waals surface area contributed by atoms with E-state index in [1.807, 2.05) is 13.8 Å². The van der Waals surface area contributed by atoms with Crippen LogP contribution in [-0.2, 0) is 16.6 Å². The molecule has 7 nitrogen and oxygen atoms in total. The van der Waals surface area contributed by atoms with Crippen LogP contribution in [-0.4, -0.2) is 26.8 Å². The van der Waals surface area contributed by atoms with Gasteiger partial charge in [-0.2, -0.15) is 0 Å². The molecule has 9 heteroatoms. The number of nitrogens with zero attached hydrogens (tertiary/aromatic N) is 1. The number of nitrogens with one attached hydrogen (secondary N) is 2. The molecule has 0 saturated heterocycles. The highest BCUT2D eigenvalue weighted by Crippen LogP contribution is 2.31. The fraction of sp³-hybridized carbons (Fsp3) is 0.161. The van der Waals surface area contributed by atoms with Gasteiger partial charge in [0.05, 0.1) is 28.4 Å². The molecule has 2 amide bonds. The number of amides is 2. The molecule has 0 aliphatic rings. The van der Waals surface area contributed by atoms with Crippen LogP contribution in [0.1, 0.15) is 45.2 Å². The van der Waals surface area contributed by atoms with Crippen molar-refractivity contribution < 1.29 is 18.0 Å². The molecule has 2 N–H and O–H groups in total. The molecule has 4 aromatic carbocycles. The number of carbonyl (C=O) groups is 2. The highest BCUT2D eigenvalue weighted by Gasteiger charge is 2.26. The summed E-state index contributed by atoms with van der Waals surface area (Å²) in [5.74, 6) is -0.647. The number of benzene rings is 4. The average Bonchev–Trinajstić information content (AvgIpc) is 2.97. The van der Waals surface area contributed by atoms with Gasteiger partial charge >= 0.3 is 0 Å². The predicted molar refractivity (Wildman–Crippen MR) is 159 cm³/mol. The molecule has 0 aliphatic carbocycles. The Hall–Kier alpha value is -4.14. The van der Waals surface area contributed by atoms with Gasteiger partial charge in [-0.3, -0.25) is 13.9 Å². The summed E-state index contributed by atoms with van der Waals surface area (Å²) >= 11 is 6.25. The molecule has 40 heavy (non-hydrogen) atoms. The zero-order valence-electron chi connectivity index (χ0n) is 22.2. The topological polar surface area (TPSA) is 95.6 Å². The molecular formula is C31H30ClN3O4S. The van der Waals surface area contributed by atoms with Gasteiger partial charge in [-0.05, 0) is 73.0 Å². The molecule has 0 heterocycles. The first-order chi connectivity index (χ1) is 19.2. The van der Waals surface area contributed by atoms with Crippen molar-refractivity contribution >= 4 is 44.8 Å². The molecule has 0 aromatic heterocycles. The minimum atomic E-state index is -3.92. The first-order valence-corrected chi connectivity index (χ1v) is 14.6. The third-order valence-electron chi connectivity index (χ3n) is 6.27. The highest BCUT2D eigenvalue weighted by atomic mass is 35.5. The van der Waals surface area contributed by atoms with E-state index < -0.39 is 10.0 Å². The van der Waals surface area contributed by atoms with E-state index >= 15 is 0 Å². The number of para-hydroxylation sites is 1. The van der Waals surface area contributed by atoms with Crippen LogP contribution in [0.5, 0.6) is 0 Å². The summed E-state index contributed by atoms with van der Waals surface area (Å²) in [6, 6.07) is 26.8. The minimum Gasteiger partial charge on any atom is -0.352 e. The average molecular weight is 576 g/mol. The van der Waals surface area contributed by atoms with Crippen molar-refractivity contribution in [2.45, 2.75) is 31.7 Å². The maximum Gasteiger partial charge on any atom is 0.264 e. The second-order valence-corrected chi connectivity index (χ2v) is 11.5. The first kappa shape index (κ1) is 28.9. The molecule has 4 aromatic rings. The maximum atomic E-state index is 13.7. The Labute approximate surface area is 239 Å².